The topological polar surface area (TPSA) is 75.6 Å². The Kier molecular flexibility index (Phi) is 3.99. The van der Waals surface area contributed by atoms with E-state index in [2.05, 4.69) is 25.6 Å². The van der Waals surface area contributed by atoms with Crippen LogP contribution in [0.15, 0.2) is 23.5 Å². The third kappa shape index (κ3) is 3.10. The minimum atomic E-state index is -0.550. The number of hydrogen-bond donors (Lipinski definition) is 2. The lowest BCUT2D eigenvalue weighted by atomic mass is 10.1. The van der Waals surface area contributed by atoms with Crippen LogP contribution in [0.2, 0.25) is 5.02 Å². The summed E-state index contributed by atoms with van der Waals surface area (Å²) in [7, 11) is 1.30. The zero-order valence-electron chi connectivity index (χ0n) is 9.81. The van der Waals surface area contributed by atoms with Crippen molar-refractivity contribution in [3.05, 3.63) is 29.0 Å². The number of rotatable bonds is 1. The first-order chi connectivity index (χ1) is 8.69. The van der Waals surface area contributed by atoms with Crippen LogP contribution >= 0.6 is 11.6 Å². The Balaban J connectivity index is 1.97. The fourth-order valence-corrected chi connectivity index (χ4v) is 1.89. The maximum atomic E-state index is 10.9. The Bertz CT molecular complexity index is 478. The number of ether oxygens (including phenoxy) is 1. The predicted molar refractivity (Wildman–Crippen MR) is 67.3 cm³/mol. The molecular weight excluding hydrogens is 256 g/mol. The van der Waals surface area contributed by atoms with Crippen molar-refractivity contribution in [1.82, 2.24) is 15.8 Å². The number of amides is 1. The van der Waals surface area contributed by atoms with Crippen LogP contribution in [0.5, 0.6) is 0 Å². The fraction of sp³-hybridized carbons (Fsp3) is 0.364. The maximum Gasteiger partial charge on any atom is 0.425 e. The highest BCUT2D eigenvalue weighted by molar-refractivity contribution is 6.30. The fourth-order valence-electron chi connectivity index (χ4n) is 1.71. The van der Waals surface area contributed by atoms with Gasteiger partial charge in [0.15, 0.2) is 0 Å². The van der Waals surface area contributed by atoms with Crippen LogP contribution in [0.1, 0.15) is 24.4 Å². The molecule has 0 saturated heterocycles. The standard InChI is InChI=1S/C11H13ClN4O2/c1-18-11(17)16-15-10-3-2-9(14-10)7-4-8(12)6-13-5-7/h4-6,9H,2-3H2,1H3,(H,14,15)(H,16,17). The number of methoxy groups -OCH3 is 1. The summed E-state index contributed by atoms with van der Waals surface area (Å²) in [6.07, 6.45) is 4.39. The molecule has 1 atom stereocenters. The lowest BCUT2D eigenvalue weighted by Crippen LogP contribution is -2.40. The molecule has 1 unspecified atom stereocenters. The second-order valence-electron chi connectivity index (χ2n) is 3.81. The van der Waals surface area contributed by atoms with E-state index in [1.807, 2.05) is 6.07 Å². The zero-order chi connectivity index (χ0) is 13.0. The van der Waals surface area contributed by atoms with E-state index >= 15 is 0 Å². The zero-order valence-corrected chi connectivity index (χ0v) is 10.6. The molecule has 1 aromatic rings. The number of pyridine rings is 1. The van der Waals surface area contributed by atoms with Gasteiger partial charge in [-0.25, -0.2) is 10.2 Å². The number of carbonyl (C=O) groups is 1. The Morgan fingerprint density at radius 3 is 3.11 bits per heavy atom. The Morgan fingerprint density at radius 1 is 1.56 bits per heavy atom. The average molecular weight is 269 g/mol. The molecule has 1 aliphatic rings. The third-order valence-electron chi connectivity index (χ3n) is 2.57. The predicted octanol–water partition coefficient (Wildman–Crippen LogP) is 1.83. The summed E-state index contributed by atoms with van der Waals surface area (Å²) in [6, 6.07) is 1.87. The number of hydrogen-bond acceptors (Lipinski definition) is 5. The highest BCUT2D eigenvalue weighted by Gasteiger charge is 2.20. The SMILES string of the molecule is COC(=O)NNC1=NC(c2cncc(Cl)c2)CC1. The van der Waals surface area contributed by atoms with Crippen molar-refractivity contribution in [2.45, 2.75) is 18.9 Å². The van der Waals surface area contributed by atoms with Gasteiger partial charge in [0.1, 0.15) is 5.84 Å². The Hall–Kier alpha value is -1.82. The first-order valence-corrected chi connectivity index (χ1v) is 5.84. The minimum Gasteiger partial charge on any atom is -0.452 e. The molecule has 2 N–H and O–H groups in total. The second kappa shape index (κ2) is 5.68. The molecule has 18 heavy (non-hydrogen) atoms. The minimum absolute atomic E-state index is 0.0261. The van der Waals surface area contributed by atoms with Crippen molar-refractivity contribution in [3.63, 3.8) is 0 Å². The Morgan fingerprint density at radius 2 is 2.39 bits per heavy atom. The van der Waals surface area contributed by atoms with Gasteiger partial charge in [-0.05, 0) is 18.1 Å². The Labute approximate surface area is 109 Å². The van der Waals surface area contributed by atoms with Gasteiger partial charge in [0.25, 0.3) is 0 Å². The highest BCUT2D eigenvalue weighted by Crippen LogP contribution is 2.28. The van der Waals surface area contributed by atoms with Crippen molar-refractivity contribution in [3.8, 4) is 0 Å². The quantitative estimate of drug-likeness (QED) is 0.762. The monoisotopic (exact) mass is 268 g/mol. The summed E-state index contributed by atoms with van der Waals surface area (Å²) >= 11 is 5.88. The molecule has 0 aliphatic carbocycles. The van der Waals surface area contributed by atoms with Gasteiger partial charge in [0, 0.05) is 18.8 Å². The van der Waals surface area contributed by atoms with Gasteiger partial charge < -0.3 is 4.74 Å². The number of aliphatic imine (C=N–C) groups is 1. The molecule has 1 aliphatic heterocycles. The van der Waals surface area contributed by atoms with Crippen LogP contribution < -0.4 is 10.9 Å². The van der Waals surface area contributed by atoms with Gasteiger partial charge in [0.05, 0.1) is 18.2 Å². The van der Waals surface area contributed by atoms with E-state index < -0.39 is 6.09 Å². The van der Waals surface area contributed by atoms with Crippen molar-refractivity contribution in [2.75, 3.05) is 7.11 Å². The molecule has 96 valence electrons. The van der Waals surface area contributed by atoms with Crippen molar-refractivity contribution in [2.24, 2.45) is 4.99 Å². The van der Waals surface area contributed by atoms with Crippen LogP contribution in [0.4, 0.5) is 4.79 Å². The van der Waals surface area contributed by atoms with Crippen LogP contribution in [0, 0.1) is 0 Å². The molecule has 1 amide bonds. The molecule has 0 radical (unpaired) electrons. The van der Waals surface area contributed by atoms with Gasteiger partial charge in [-0.2, -0.15) is 0 Å². The lowest BCUT2D eigenvalue weighted by molar-refractivity contribution is 0.168. The van der Waals surface area contributed by atoms with E-state index in [0.717, 1.165) is 18.4 Å². The number of amidine groups is 1. The summed E-state index contributed by atoms with van der Waals surface area (Å²) in [5.74, 6) is 0.713. The molecule has 2 heterocycles. The summed E-state index contributed by atoms with van der Waals surface area (Å²) in [4.78, 5) is 19.4. The second-order valence-corrected chi connectivity index (χ2v) is 4.24. The van der Waals surface area contributed by atoms with E-state index in [9.17, 15) is 4.79 Å². The van der Waals surface area contributed by atoms with Gasteiger partial charge in [-0.3, -0.25) is 15.4 Å². The van der Waals surface area contributed by atoms with Crippen molar-refractivity contribution < 1.29 is 9.53 Å². The van der Waals surface area contributed by atoms with Gasteiger partial charge in [-0.15, -0.1) is 0 Å². The van der Waals surface area contributed by atoms with E-state index in [4.69, 9.17) is 11.6 Å². The molecule has 7 heteroatoms. The van der Waals surface area contributed by atoms with Crippen LogP contribution in [-0.4, -0.2) is 24.0 Å². The maximum absolute atomic E-state index is 10.9. The molecular formula is C11H13ClN4O2. The van der Waals surface area contributed by atoms with E-state index in [0.29, 0.717) is 10.9 Å². The van der Waals surface area contributed by atoms with Gasteiger partial charge in [-0.1, -0.05) is 11.6 Å². The molecule has 1 aromatic heterocycles. The number of hydrazine groups is 1. The lowest BCUT2D eigenvalue weighted by Gasteiger charge is -2.06. The number of nitrogens with zero attached hydrogens (tertiary/aromatic N) is 2. The van der Waals surface area contributed by atoms with Crippen LogP contribution in [0.3, 0.4) is 0 Å². The molecule has 2 rings (SSSR count). The number of nitrogens with one attached hydrogen (secondary N) is 2. The average Bonchev–Trinajstić information content (AvgIpc) is 2.84. The highest BCUT2D eigenvalue weighted by atomic mass is 35.5. The third-order valence-corrected chi connectivity index (χ3v) is 2.78. The molecule has 0 saturated carbocycles. The first kappa shape index (κ1) is 12.6. The molecule has 0 bridgehead atoms. The van der Waals surface area contributed by atoms with Crippen molar-refractivity contribution >= 4 is 23.5 Å². The molecule has 0 fully saturated rings. The van der Waals surface area contributed by atoms with Gasteiger partial charge >= 0.3 is 6.09 Å². The number of halogens is 1. The van der Waals surface area contributed by atoms with Crippen molar-refractivity contribution in [1.29, 1.82) is 0 Å². The van der Waals surface area contributed by atoms with E-state index in [1.54, 1.807) is 12.4 Å². The summed E-state index contributed by atoms with van der Waals surface area (Å²) in [5, 5.41) is 0.594. The molecule has 0 aromatic carbocycles. The molecule has 6 nitrogen and oxygen atoms in total. The smallest absolute Gasteiger partial charge is 0.425 e. The largest absolute Gasteiger partial charge is 0.452 e. The summed E-state index contributed by atoms with van der Waals surface area (Å²) in [5.41, 5.74) is 6.06. The number of aromatic nitrogens is 1. The summed E-state index contributed by atoms with van der Waals surface area (Å²) in [6.45, 7) is 0. The number of carbonyl (C=O) groups excluding carboxylic acids is 1. The van der Waals surface area contributed by atoms with E-state index in [1.165, 1.54) is 7.11 Å². The van der Waals surface area contributed by atoms with Gasteiger partial charge in [0.2, 0.25) is 0 Å². The summed E-state index contributed by atoms with van der Waals surface area (Å²) < 4.78 is 4.44. The first-order valence-electron chi connectivity index (χ1n) is 5.46. The molecule has 0 spiro atoms. The van der Waals surface area contributed by atoms with E-state index in [-0.39, 0.29) is 6.04 Å². The van der Waals surface area contributed by atoms with Crippen LogP contribution in [-0.2, 0) is 4.74 Å². The van der Waals surface area contributed by atoms with Crippen LogP contribution in [0.25, 0.3) is 0 Å². The normalized spacial score (nSPS) is 18.1.